The van der Waals surface area contributed by atoms with Crippen LogP contribution in [0.4, 0.5) is 10.2 Å². The maximum atomic E-state index is 13.6. The van der Waals surface area contributed by atoms with Crippen LogP contribution in [0.2, 0.25) is 0 Å². The van der Waals surface area contributed by atoms with Crippen LogP contribution in [0, 0.1) is 23.6 Å². The van der Waals surface area contributed by atoms with Gasteiger partial charge in [-0.2, -0.15) is 0 Å². The molecule has 2 saturated carbocycles. The quantitative estimate of drug-likeness (QED) is 0.893. The van der Waals surface area contributed by atoms with E-state index in [0.29, 0.717) is 10.3 Å². The van der Waals surface area contributed by atoms with Crippen molar-refractivity contribution in [2.45, 2.75) is 25.7 Å². The van der Waals surface area contributed by atoms with Crippen LogP contribution in [0.5, 0.6) is 0 Å². The molecule has 4 heteroatoms. The second-order valence-electron chi connectivity index (χ2n) is 5.20. The molecule has 0 unspecified atom stereocenters. The van der Waals surface area contributed by atoms with Gasteiger partial charge in [0.2, 0.25) is 0 Å². The smallest absolute Gasteiger partial charge is 0.166 e. The van der Waals surface area contributed by atoms with E-state index in [1.165, 1.54) is 31.7 Å². The molecule has 0 spiro atoms. The second-order valence-corrected chi connectivity index (χ2v) is 6.12. The van der Waals surface area contributed by atoms with Gasteiger partial charge in [0.15, 0.2) is 11.6 Å². The number of hydrogen-bond donors (Lipinski definition) is 1. The summed E-state index contributed by atoms with van der Waals surface area (Å²) in [5, 5.41) is 3.18. The molecule has 0 saturated heterocycles. The van der Waals surface area contributed by atoms with Gasteiger partial charge in [0.05, 0.1) is 0 Å². The summed E-state index contributed by atoms with van der Waals surface area (Å²) < 4.78 is 14.3. The Kier molecular flexibility index (Phi) is 3.07. The summed E-state index contributed by atoms with van der Waals surface area (Å²) in [5.74, 6) is 2.62. The van der Waals surface area contributed by atoms with Crippen LogP contribution in [-0.2, 0) is 0 Å². The van der Waals surface area contributed by atoms with E-state index in [0.717, 1.165) is 24.3 Å². The fourth-order valence-corrected chi connectivity index (χ4v) is 2.83. The van der Waals surface area contributed by atoms with Crippen LogP contribution in [-0.4, -0.2) is 11.5 Å². The van der Waals surface area contributed by atoms with E-state index < -0.39 is 0 Å². The zero-order valence-electron chi connectivity index (χ0n) is 9.63. The molecule has 3 rings (SSSR count). The van der Waals surface area contributed by atoms with Crippen molar-refractivity contribution in [3.8, 4) is 0 Å². The molecule has 1 aromatic rings. The SMILES string of the molecule is Fc1cc(Br)cnc1NCC(C1CC1)C1CC1. The third-order valence-electron chi connectivity index (χ3n) is 3.77. The van der Waals surface area contributed by atoms with Crippen molar-refractivity contribution < 1.29 is 4.39 Å². The Hall–Kier alpha value is -0.640. The van der Waals surface area contributed by atoms with Gasteiger partial charge >= 0.3 is 0 Å². The van der Waals surface area contributed by atoms with Crippen molar-refractivity contribution in [2.24, 2.45) is 17.8 Å². The molecule has 17 heavy (non-hydrogen) atoms. The first kappa shape index (κ1) is 11.5. The van der Waals surface area contributed by atoms with E-state index in [1.807, 2.05) is 0 Å². The van der Waals surface area contributed by atoms with E-state index in [2.05, 4.69) is 26.2 Å². The highest BCUT2D eigenvalue weighted by atomic mass is 79.9. The molecule has 2 nitrogen and oxygen atoms in total. The lowest BCUT2D eigenvalue weighted by Crippen LogP contribution is -2.19. The summed E-state index contributed by atoms with van der Waals surface area (Å²) in [6, 6.07) is 1.46. The molecule has 0 radical (unpaired) electrons. The lowest BCUT2D eigenvalue weighted by Gasteiger charge is -2.16. The van der Waals surface area contributed by atoms with Crippen LogP contribution in [0.1, 0.15) is 25.7 Å². The van der Waals surface area contributed by atoms with Gasteiger partial charge in [-0.15, -0.1) is 0 Å². The molecule has 1 aromatic heterocycles. The number of anilines is 1. The molecule has 1 heterocycles. The monoisotopic (exact) mass is 298 g/mol. The second kappa shape index (κ2) is 4.56. The largest absolute Gasteiger partial charge is 0.367 e. The molecule has 2 aliphatic carbocycles. The van der Waals surface area contributed by atoms with Crippen molar-refractivity contribution in [2.75, 3.05) is 11.9 Å². The minimum atomic E-state index is -0.273. The Labute approximate surface area is 109 Å². The fourth-order valence-electron chi connectivity index (χ4n) is 2.53. The van der Waals surface area contributed by atoms with Crippen molar-refractivity contribution in [1.29, 1.82) is 0 Å². The van der Waals surface area contributed by atoms with E-state index >= 15 is 0 Å². The standard InChI is InChI=1S/C13H16BrFN2/c14-10-5-12(15)13(16-6-10)17-7-11(8-1-2-8)9-3-4-9/h5-6,8-9,11H,1-4,7H2,(H,16,17). The van der Waals surface area contributed by atoms with Crippen LogP contribution >= 0.6 is 15.9 Å². The molecular weight excluding hydrogens is 283 g/mol. The zero-order valence-corrected chi connectivity index (χ0v) is 11.2. The van der Waals surface area contributed by atoms with Gasteiger partial charge < -0.3 is 5.32 Å². The highest BCUT2D eigenvalue weighted by Crippen LogP contribution is 2.49. The van der Waals surface area contributed by atoms with Crippen molar-refractivity contribution in [1.82, 2.24) is 4.98 Å². The van der Waals surface area contributed by atoms with Crippen molar-refractivity contribution in [3.05, 3.63) is 22.6 Å². The van der Waals surface area contributed by atoms with Gasteiger partial charge in [-0.25, -0.2) is 9.37 Å². The maximum Gasteiger partial charge on any atom is 0.166 e. The third kappa shape index (κ3) is 2.79. The predicted molar refractivity (Wildman–Crippen MR) is 69.3 cm³/mol. The number of rotatable bonds is 5. The molecule has 2 aliphatic rings. The minimum Gasteiger partial charge on any atom is -0.367 e. The topological polar surface area (TPSA) is 24.9 Å². The predicted octanol–water partition coefficient (Wildman–Crippen LogP) is 3.83. The number of nitrogens with zero attached hydrogens (tertiary/aromatic N) is 1. The molecule has 0 aromatic carbocycles. The molecule has 92 valence electrons. The molecule has 0 aliphatic heterocycles. The van der Waals surface area contributed by atoms with Crippen LogP contribution in [0.3, 0.4) is 0 Å². The highest BCUT2D eigenvalue weighted by molar-refractivity contribution is 9.10. The zero-order chi connectivity index (χ0) is 11.8. The summed E-state index contributed by atoms with van der Waals surface area (Å²) in [7, 11) is 0. The molecule has 0 atom stereocenters. The summed E-state index contributed by atoms with van der Waals surface area (Å²) in [4.78, 5) is 4.08. The molecule has 2 fully saturated rings. The summed E-state index contributed by atoms with van der Waals surface area (Å²) >= 11 is 3.21. The Balaban J connectivity index is 1.62. The Morgan fingerprint density at radius 1 is 1.35 bits per heavy atom. The molecular formula is C13H16BrFN2. The summed E-state index contributed by atoms with van der Waals surface area (Å²) in [5.41, 5.74) is 0. The summed E-state index contributed by atoms with van der Waals surface area (Å²) in [6.45, 7) is 0.876. The molecule has 0 bridgehead atoms. The Bertz CT molecular complexity index is 404. The lowest BCUT2D eigenvalue weighted by molar-refractivity contribution is 0.426. The van der Waals surface area contributed by atoms with Gasteiger partial charge in [0.1, 0.15) is 0 Å². The first-order valence-corrected chi connectivity index (χ1v) is 7.08. The number of pyridine rings is 1. The summed E-state index contributed by atoms with van der Waals surface area (Å²) in [6.07, 6.45) is 7.07. The average molecular weight is 299 g/mol. The highest BCUT2D eigenvalue weighted by Gasteiger charge is 2.41. The Morgan fingerprint density at radius 2 is 2.00 bits per heavy atom. The molecule has 0 amide bonds. The van der Waals surface area contributed by atoms with Gasteiger partial charge in [0, 0.05) is 17.2 Å². The number of halogens is 2. The van der Waals surface area contributed by atoms with E-state index in [-0.39, 0.29) is 5.82 Å². The van der Waals surface area contributed by atoms with E-state index in [1.54, 1.807) is 6.20 Å². The molecule has 1 N–H and O–H groups in total. The number of aromatic nitrogens is 1. The number of hydrogen-bond acceptors (Lipinski definition) is 2. The normalized spacial score (nSPS) is 19.7. The van der Waals surface area contributed by atoms with Gasteiger partial charge in [0.25, 0.3) is 0 Å². The van der Waals surface area contributed by atoms with Crippen molar-refractivity contribution in [3.63, 3.8) is 0 Å². The Morgan fingerprint density at radius 3 is 2.53 bits per heavy atom. The van der Waals surface area contributed by atoms with Gasteiger partial charge in [-0.3, -0.25) is 0 Å². The van der Waals surface area contributed by atoms with E-state index in [4.69, 9.17) is 0 Å². The fraction of sp³-hybridized carbons (Fsp3) is 0.615. The van der Waals surface area contributed by atoms with Gasteiger partial charge in [-0.05, 0) is 65.4 Å². The first-order chi connectivity index (χ1) is 8.24. The first-order valence-electron chi connectivity index (χ1n) is 6.29. The van der Waals surface area contributed by atoms with Crippen molar-refractivity contribution >= 4 is 21.7 Å². The third-order valence-corrected chi connectivity index (χ3v) is 4.20. The van der Waals surface area contributed by atoms with Gasteiger partial charge in [-0.1, -0.05) is 0 Å². The van der Waals surface area contributed by atoms with E-state index in [9.17, 15) is 4.39 Å². The lowest BCUT2D eigenvalue weighted by atomic mass is 9.98. The average Bonchev–Trinajstić information content (AvgIpc) is 3.15. The number of nitrogens with one attached hydrogen (secondary N) is 1. The van der Waals surface area contributed by atoms with Crippen LogP contribution < -0.4 is 5.32 Å². The van der Waals surface area contributed by atoms with Crippen LogP contribution in [0.25, 0.3) is 0 Å². The maximum absolute atomic E-state index is 13.6. The minimum absolute atomic E-state index is 0.273. The van der Waals surface area contributed by atoms with Crippen LogP contribution in [0.15, 0.2) is 16.7 Å².